The van der Waals surface area contributed by atoms with Crippen LogP contribution in [0.2, 0.25) is 0 Å². The van der Waals surface area contributed by atoms with Crippen molar-refractivity contribution in [1.82, 2.24) is 10.2 Å². The first-order valence-corrected chi connectivity index (χ1v) is 8.62. The predicted octanol–water partition coefficient (Wildman–Crippen LogP) is 3.97. The third-order valence-corrected chi connectivity index (χ3v) is 4.44. The highest BCUT2D eigenvalue weighted by Crippen LogP contribution is 2.27. The van der Waals surface area contributed by atoms with E-state index in [1.54, 1.807) is 12.1 Å². The normalized spacial score (nSPS) is 17.2. The van der Waals surface area contributed by atoms with Gasteiger partial charge in [-0.25, -0.2) is 4.99 Å². The van der Waals surface area contributed by atoms with Crippen molar-refractivity contribution in [3.05, 3.63) is 65.7 Å². The van der Waals surface area contributed by atoms with E-state index < -0.39 is 0 Å². The van der Waals surface area contributed by atoms with Gasteiger partial charge in [0.25, 0.3) is 0 Å². The summed E-state index contributed by atoms with van der Waals surface area (Å²) in [7, 11) is 0. The number of aromatic hydroxyl groups is 1. The van der Waals surface area contributed by atoms with E-state index in [1.165, 1.54) is 5.56 Å². The number of likely N-dealkylation sites (tertiary alicyclic amines) is 1. The summed E-state index contributed by atoms with van der Waals surface area (Å²) in [5.41, 5.74) is 2.51. The van der Waals surface area contributed by atoms with Gasteiger partial charge in [0.1, 0.15) is 5.75 Å². The van der Waals surface area contributed by atoms with Crippen molar-refractivity contribution in [2.45, 2.75) is 25.8 Å². The van der Waals surface area contributed by atoms with Gasteiger partial charge in [0.15, 0.2) is 5.96 Å². The second kappa shape index (κ2) is 9.65. The standard InChI is InChI=1S/C20H25N3O.HI/c1-2-21-20(22-14-16-8-10-19(24)11-9-16)23-13-12-18(15-23)17-6-4-3-5-7-17;/h3-11,18,24H,2,12-15H2,1H3,(H,21,22);1H. The van der Waals surface area contributed by atoms with Crippen LogP contribution in [0.5, 0.6) is 5.75 Å². The predicted molar refractivity (Wildman–Crippen MR) is 114 cm³/mol. The number of guanidine groups is 1. The van der Waals surface area contributed by atoms with Crippen LogP contribution in [0.15, 0.2) is 59.6 Å². The number of aliphatic imine (C=N–C) groups is 1. The number of benzene rings is 2. The Labute approximate surface area is 167 Å². The average molecular weight is 451 g/mol. The van der Waals surface area contributed by atoms with E-state index >= 15 is 0 Å². The van der Waals surface area contributed by atoms with Crippen LogP contribution < -0.4 is 5.32 Å². The third-order valence-electron chi connectivity index (χ3n) is 4.44. The highest BCUT2D eigenvalue weighted by Gasteiger charge is 2.25. The van der Waals surface area contributed by atoms with Gasteiger partial charge in [-0.15, -0.1) is 24.0 Å². The first-order valence-electron chi connectivity index (χ1n) is 8.62. The molecule has 1 fully saturated rings. The molecule has 2 aromatic rings. The summed E-state index contributed by atoms with van der Waals surface area (Å²) in [6.07, 6.45) is 1.16. The van der Waals surface area contributed by atoms with Gasteiger partial charge in [-0.2, -0.15) is 0 Å². The maximum absolute atomic E-state index is 9.37. The second-order valence-corrected chi connectivity index (χ2v) is 6.18. The molecule has 0 amide bonds. The molecule has 0 spiro atoms. The Hall–Kier alpha value is -1.76. The number of phenols is 1. The average Bonchev–Trinajstić information content (AvgIpc) is 3.11. The molecular formula is C20H26IN3O. The molecule has 1 aliphatic rings. The Bertz CT molecular complexity index is 673. The molecule has 0 aromatic heterocycles. The smallest absolute Gasteiger partial charge is 0.194 e. The van der Waals surface area contributed by atoms with E-state index in [9.17, 15) is 5.11 Å². The van der Waals surface area contributed by atoms with Gasteiger partial charge < -0.3 is 15.3 Å². The van der Waals surface area contributed by atoms with Crippen molar-refractivity contribution in [1.29, 1.82) is 0 Å². The fourth-order valence-electron chi connectivity index (χ4n) is 3.14. The lowest BCUT2D eigenvalue weighted by molar-refractivity contribution is 0.475. The lowest BCUT2D eigenvalue weighted by Gasteiger charge is -2.21. The van der Waals surface area contributed by atoms with Crippen LogP contribution in [0.4, 0.5) is 0 Å². The van der Waals surface area contributed by atoms with E-state index in [4.69, 9.17) is 4.99 Å². The number of halogens is 1. The van der Waals surface area contributed by atoms with Crippen molar-refractivity contribution >= 4 is 29.9 Å². The molecule has 5 heteroatoms. The molecule has 1 unspecified atom stereocenters. The molecule has 3 rings (SSSR count). The van der Waals surface area contributed by atoms with Gasteiger partial charge >= 0.3 is 0 Å². The number of phenolic OH excluding ortho intramolecular Hbond substituents is 1. The molecule has 1 heterocycles. The summed E-state index contributed by atoms with van der Waals surface area (Å²) < 4.78 is 0. The number of nitrogens with zero attached hydrogens (tertiary/aromatic N) is 2. The topological polar surface area (TPSA) is 47.9 Å². The molecule has 134 valence electrons. The Morgan fingerprint density at radius 1 is 1.16 bits per heavy atom. The fourth-order valence-corrected chi connectivity index (χ4v) is 3.14. The molecule has 0 radical (unpaired) electrons. The van der Waals surface area contributed by atoms with E-state index in [1.807, 2.05) is 12.1 Å². The van der Waals surface area contributed by atoms with Crippen molar-refractivity contribution in [2.75, 3.05) is 19.6 Å². The van der Waals surface area contributed by atoms with Crippen LogP contribution in [-0.2, 0) is 6.54 Å². The number of rotatable bonds is 4. The van der Waals surface area contributed by atoms with Crippen LogP contribution >= 0.6 is 24.0 Å². The summed E-state index contributed by atoms with van der Waals surface area (Å²) >= 11 is 0. The van der Waals surface area contributed by atoms with E-state index in [0.29, 0.717) is 18.2 Å². The summed E-state index contributed by atoms with van der Waals surface area (Å²) in [6.45, 7) is 5.61. The molecule has 1 aliphatic heterocycles. The molecule has 0 saturated carbocycles. The quantitative estimate of drug-likeness (QED) is 0.420. The number of hydrogen-bond acceptors (Lipinski definition) is 2. The third kappa shape index (κ3) is 5.36. The van der Waals surface area contributed by atoms with Gasteiger partial charge in [-0.1, -0.05) is 42.5 Å². The zero-order chi connectivity index (χ0) is 16.8. The van der Waals surface area contributed by atoms with E-state index in [0.717, 1.165) is 37.6 Å². The van der Waals surface area contributed by atoms with Crippen LogP contribution in [0.25, 0.3) is 0 Å². The minimum atomic E-state index is 0. The van der Waals surface area contributed by atoms with Crippen LogP contribution in [0.1, 0.15) is 30.4 Å². The lowest BCUT2D eigenvalue weighted by atomic mass is 9.99. The fraction of sp³-hybridized carbons (Fsp3) is 0.350. The summed E-state index contributed by atoms with van der Waals surface area (Å²) in [5.74, 6) is 1.84. The van der Waals surface area contributed by atoms with Gasteiger partial charge in [0.05, 0.1) is 6.54 Å². The first-order chi connectivity index (χ1) is 11.8. The summed E-state index contributed by atoms with van der Waals surface area (Å²) in [4.78, 5) is 7.12. The van der Waals surface area contributed by atoms with Gasteiger partial charge in [-0.05, 0) is 36.6 Å². The largest absolute Gasteiger partial charge is 0.508 e. The molecule has 1 saturated heterocycles. The Morgan fingerprint density at radius 2 is 1.88 bits per heavy atom. The van der Waals surface area contributed by atoms with Gasteiger partial charge in [-0.3, -0.25) is 0 Å². The van der Waals surface area contributed by atoms with E-state index in [-0.39, 0.29) is 24.0 Å². The molecule has 25 heavy (non-hydrogen) atoms. The van der Waals surface area contributed by atoms with Crippen LogP contribution in [0, 0.1) is 0 Å². The van der Waals surface area contributed by atoms with Crippen molar-refractivity contribution < 1.29 is 5.11 Å². The maximum atomic E-state index is 9.37. The first kappa shape index (κ1) is 19.6. The number of nitrogens with one attached hydrogen (secondary N) is 1. The molecule has 2 N–H and O–H groups in total. The summed E-state index contributed by atoms with van der Waals surface area (Å²) in [5, 5.41) is 12.8. The molecule has 0 aliphatic carbocycles. The van der Waals surface area contributed by atoms with Crippen molar-refractivity contribution in [3.63, 3.8) is 0 Å². The van der Waals surface area contributed by atoms with Gasteiger partial charge in [0.2, 0.25) is 0 Å². The number of hydrogen-bond donors (Lipinski definition) is 2. The minimum Gasteiger partial charge on any atom is -0.508 e. The minimum absolute atomic E-state index is 0. The van der Waals surface area contributed by atoms with Crippen molar-refractivity contribution in [3.8, 4) is 5.75 Å². The Kier molecular flexibility index (Phi) is 7.55. The summed E-state index contributed by atoms with van der Waals surface area (Å²) in [6, 6.07) is 18.0. The highest BCUT2D eigenvalue weighted by atomic mass is 127. The second-order valence-electron chi connectivity index (χ2n) is 6.18. The van der Waals surface area contributed by atoms with Crippen LogP contribution in [-0.4, -0.2) is 35.6 Å². The zero-order valence-corrected chi connectivity index (χ0v) is 16.9. The molecule has 2 aromatic carbocycles. The molecular weight excluding hydrogens is 425 g/mol. The highest BCUT2D eigenvalue weighted by molar-refractivity contribution is 14.0. The van der Waals surface area contributed by atoms with Crippen molar-refractivity contribution in [2.24, 2.45) is 4.99 Å². The monoisotopic (exact) mass is 451 g/mol. The van der Waals surface area contributed by atoms with Crippen LogP contribution in [0.3, 0.4) is 0 Å². The lowest BCUT2D eigenvalue weighted by Crippen LogP contribution is -2.40. The van der Waals surface area contributed by atoms with Gasteiger partial charge in [0, 0.05) is 25.6 Å². The molecule has 0 bridgehead atoms. The zero-order valence-electron chi connectivity index (χ0n) is 14.6. The Morgan fingerprint density at radius 3 is 2.56 bits per heavy atom. The Balaban J connectivity index is 0.00000225. The SMILES string of the molecule is CCNC(=NCc1ccc(O)cc1)N1CCC(c2ccccc2)C1.I. The van der Waals surface area contributed by atoms with E-state index in [2.05, 4.69) is 47.5 Å². The molecule has 4 nitrogen and oxygen atoms in total. The maximum Gasteiger partial charge on any atom is 0.194 e. The molecule has 1 atom stereocenters.